The second-order valence-corrected chi connectivity index (χ2v) is 9.97. The van der Waals surface area contributed by atoms with E-state index in [1.54, 1.807) is 0 Å². The molecule has 2 amide bonds. The maximum atomic E-state index is 12.4. The van der Waals surface area contributed by atoms with E-state index in [0.29, 0.717) is 17.9 Å². The molecule has 4 aliphatic rings. The zero-order valence-electron chi connectivity index (χ0n) is 16.2. The van der Waals surface area contributed by atoms with E-state index in [4.69, 9.17) is 4.52 Å². The normalized spacial score (nSPS) is 31.1. The highest BCUT2D eigenvalue weighted by atomic mass is 32.2. The first-order chi connectivity index (χ1) is 12.9. The summed E-state index contributed by atoms with van der Waals surface area (Å²) in [7, 11) is 0. The summed E-state index contributed by atoms with van der Waals surface area (Å²) in [4.78, 5) is 24.5. The Hall–Kier alpha value is -1.50. The van der Waals surface area contributed by atoms with Crippen molar-refractivity contribution in [2.45, 2.75) is 64.5 Å². The molecule has 0 radical (unpaired) electrons. The molecule has 0 saturated heterocycles. The summed E-state index contributed by atoms with van der Waals surface area (Å²) in [6.07, 6.45) is 8.29. The molecule has 0 aliphatic heterocycles. The number of hydrogen-bond acceptors (Lipinski definition) is 5. The lowest BCUT2D eigenvalue weighted by atomic mass is 9.49. The third kappa shape index (κ3) is 4.18. The van der Waals surface area contributed by atoms with E-state index >= 15 is 0 Å². The van der Waals surface area contributed by atoms with E-state index in [1.807, 2.05) is 13.8 Å². The van der Waals surface area contributed by atoms with E-state index in [1.165, 1.54) is 50.3 Å². The Morgan fingerprint density at radius 3 is 2.22 bits per heavy atom. The van der Waals surface area contributed by atoms with Crippen molar-refractivity contribution in [3.63, 3.8) is 0 Å². The molecule has 5 rings (SSSR count). The van der Waals surface area contributed by atoms with Gasteiger partial charge in [0.25, 0.3) is 0 Å². The van der Waals surface area contributed by atoms with Crippen LogP contribution in [0.5, 0.6) is 0 Å². The molecular weight excluding hydrogens is 362 g/mol. The van der Waals surface area contributed by atoms with Crippen LogP contribution in [0.15, 0.2) is 4.52 Å². The van der Waals surface area contributed by atoms with Gasteiger partial charge in [-0.3, -0.25) is 20.4 Å². The molecule has 4 saturated carbocycles. The molecule has 27 heavy (non-hydrogen) atoms. The molecule has 6 nitrogen and oxygen atoms in total. The molecule has 148 valence electrons. The summed E-state index contributed by atoms with van der Waals surface area (Å²) < 4.78 is 5.13. The zero-order valence-corrected chi connectivity index (χ0v) is 17.0. The van der Waals surface area contributed by atoms with Crippen LogP contribution < -0.4 is 10.9 Å². The van der Waals surface area contributed by atoms with Crippen LogP contribution in [0.1, 0.15) is 62.0 Å². The molecule has 2 N–H and O–H groups in total. The average Bonchev–Trinajstić information content (AvgIpc) is 2.90. The Labute approximate surface area is 164 Å². The summed E-state index contributed by atoms with van der Waals surface area (Å²) >= 11 is 1.49. The van der Waals surface area contributed by atoms with Crippen LogP contribution in [0.25, 0.3) is 0 Å². The monoisotopic (exact) mass is 391 g/mol. The number of nitrogens with zero attached hydrogens (tertiary/aromatic N) is 1. The van der Waals surface area contributed by atoms with Crippen LogP contribution in [0, 0.1) is 37.0 Å². The lowest BCUT2D eigenvalue weighted by Crippen LogP contribution is -2.50. The van der Waals surface area contributed by atoms with Crippen molar-refractivity contribution in [1.29, 1.82) is 0 Å². The minimum atomic E-state index is -0.175. The molecule has 1 aromatic heterocycles. The molecule has 4 fully saturated rings. The largest absolute Gasteiger partial charge is 0.361 e. The van der Waals surface area contributed by atoms with Gasteiger partial charge < -0.3 is 4.52 Å². The van der Waals surface area contributed by atoms with Crippen molar-refractivity contribution in [3.8, 4) is 0 Å². The summed E-state index contributed by atoms with van der Waals surface area (Å²) in [6.45, 7) is 3.78. The van der Waals surface area contributed by atoms with Crippen molar-refractivity contribution < 1.29 is 14.1 Å². The quantitative estimate of drug-likeness (QED) is 0.727. The molecular formula is C20H29N3O3S. The molecule has 7 heteroatoms. The van der Waals surface area contributed by atoms with Gasteiger partial charge in [0.1, 0.15) is 5.76 Å². The van der Waals surface area contributed by atoms with Gasteiger partial charge >= 0.3 is 0 Å². The highest BCUT2D eigenvalue weighted by Gasteiger charge is 2.51. The minimum Gasteiger partial charge on any atom is -0.361 e. The molecule has 0 aromatic carbocycles. The summed E-state index contributed by atoms with van der Waals surface area (Å²) in [6, 6.07) is 0. The number of carbonyl (C=O) groups is 2. The second-order valence-electron chi connectivity index (χ2n) is 8.99. The maximum absolute atomic E-state index is 12.4. The third-order valence-corrected chi connectivity index (χ3v) is 7.66. The standard InChI is InChI=1S/C20H29N3O3S/c1-12-17(13(2)26-23-12)10-27-11-19(25)22-21-18(24)9-20-6-14-3-15(7-20)5-16(4-14)8-20/h14-16H,3-11H2,1-2H3,(H,21,24)(H,22,25). The fraction of sp³-hybridized carbons (Fsp3) is 0.750. The number of aromatic nitrogens is 1. The number of rotatable bonds is 6. The highest BCUT2D eigenvalue weighted by Crippen LogP contribution is 2.61. The van der Waals surface area contributed by atoms with E-state index < -0.39 is 0 Å². The van der Waals surface area contributed by atoms with E-state index in [0.717, 1.165) is 34.8 Å². The predicted molar refractivity (Wildman–Crippen MR) is 104 cm³/mol. The number of amides is 2. The molecule has 0 atom stereocenters. The summed E-state index contributed by atoms with van der Waals surface area (Å²) in [5, 5.41) is 3.92. The first-order valence-electron chi connectivity index (χ1n) is 10.00. The van der Waals surface area contributed by atoms with Gasteiger partial charge in [-0.1, -0.05) is 5.16 Å². The Morgan fingerprint density at radius 1 is 1.07 bits per heavy atom. The van der Waals surface area contributed by atoms with Gasteiger partial charge in [-0.25, -0.2) is 0 Å². The van der Waals surface area contributed by atoms with Gasteiger partial charge in [0.15, 0.2) is 0 Å². The van der Waals surface area contributed by atoms with Crippen molar-refractivity contribution in [2.24, 2.45) is 23.2 Å². The van der Waals surface area contributed by atoms with Gasteiger partial charge in [-0.2, -0.15) is 0 Å². The van der Waals surface area contributed by atoms with Crippen molar-refractivity contribution in [2.75, 3.05) is 5.75 Å². The lowest BCUT2D eigenvalue weighted by molar-refractivity contribution is -0.133. The Balaban J connectivity index is 1.19. The molecule has 1 aromatic rings. The Kier molecular flexibility index (Phi) is 5.23. The minimum absolute atomic E-state index is 0.0407. The second kappa shape index (κ2) is 7.49. The molecule has 4 aliphatic carbocycles. The fourth-order valence-corrected chi connectivity index (χ4v) is 7.00. The number of thioether (sulfide) groups is 1. The first kappa shape index (κ1) is 18.8. The number of hydrazine groups is 1. The van der Waals surface area contributed by atoms with Crippen LogP contribution >= 0.6 is 11.8 Å². The zero-order chi connectivity index (χ0) is 19.0. The van der Waals surface area contributed by atoms with E-state index in [9.17, 15) is 9.59 Å². The summed E-state index contributed by atoms with van der Waals surface area (Å²) in [5.74, 6) is 4.05. The van der Waals surface area contributed by atoms with Crippen LogP contribution in [0.2, 0.25) is 0 Å². The van der Waals surface area contributed by atoms with E-state index in [2.05, 4.69) is 16.0 Å². The van der Waals surface area contributed by atoms with Crippen LogP contribution in [-0.2, 0) is 15.3 Å². The number of aryl methyl sites for hydroxylation is 2. The number of carbonyl (C=O) groups excluding carboxylic acids is 2. The van der Waals surface area contributed by atoms with Crippen molar-refractivity contribution >= 4 is 23.6 Å². The number of nitrogens with one attached hydrogen (secondary N) is 2. The van der Waals surface area contributed by atoms with Crippen LogP contribution in [0.3, 0.4) is 0 Å². The Bertz CT molecular complexity index is 675. The third-order valence-electron chi connectivity index (χ3n) is 6.70. The highest BCUT2D eigenvalue weighted by molar-refractivity contribution is 7.99. The lowest BCUT2D eigenvalue weighted by Gasteiger charge is -2.56. The van der Waals surface area contributed by atoms with Crippen LogP contribution in [-0.4, -0.2) is 22.7 Å². The first-order valence-corrected chi connectivity index (χ1v) is 11.1. The average molecular weight is 392 g/mol. The smallest absolute Gasteiger partial charge is 0.248 e. The van der Waals surface area contributed by atoms with Gasteiger partial charge in [-0.15, -0.1) is 11.8 Å². The van der Waals surface area contributed by atoms with Crippen molar-refractivity contribution in [3.05, 3.63) is 17.0 Å². The van der Waals surface area contributed by atoms with E-state index in [-0.39, 0.29) is 17.2 Å². The van der Waals surface area contributed by atoms with Gasteiger partial charge in [0.05, 0.1) is 11.4 Å². The Morgan fingerprint density at radius 2 is 1.67 bits per heavy atom. The molecule has 4 bridgehead atoms. The molecule has 0 unspecified atom stereocenters. The van der Waals surface area contributed by atoms with Crippen LogP contribution in [0.4, 0.5) is 0 Å². The molecule has 1 heterocycles. The van der Waals surface area contributed by atoms with Gasteiger partial charge in [0.2, 0.25) is 11.8 Å². The number of hydrogen-bond donors (Lipinski definition) is 2. The maximum Gasteiger partial charge on any atom is 0.248 e. The SMILES string of the molecule is Cc1noc(C)c1CSCC(=O)NNC(=O)CC12CC3CC(CC(C3)C1)C2. The molecule has 0 spiro atoms. The van der Waals surface area contributed by atoms with Gasteiger partial charge in [-0.05, 0) is 75.5 Å². The fourth-order valence-electron chi connectivity index (χ4n) is 6.02. The van der Waals surface area contributed by atoms with Crippen molar-refractivity contribution in [1.82, 2.24) is 16.0 Å². The predicted octanol–water partition coefficient (Wildman–Crippen LogP) is 3.28. The summed E-state index contributed by atoms with van der Waals surface area (Å²) in [5.41, 5.74) is 7.32. The topological polar surface area (TPSA) is 84.2 Å². The van der Waals surface area contributed by atoms with Gasteiger partial charge in [0, 0.05) is 17.7 Å².